The fourth-order valence-corrected chi connectivity index (χ4v) is 3.54. The Morgan fingerprint density at radius 2 is 2.19 bits per heavy atom. The van der Waals surface area contributed by atoms with E-state index in [1.54, 1.807) is 0 Å². The molecule has 2 saturated heterocycles. The number of piperazine rings is 1. The van der Waals surface area contributed by atoms with Gasteiger partial charge in [-0.15, -0.1) is 0 Å². The van der Waals surface area contributed by atoms with Crippen LogP contribution in [0.5, 0.6) is 0 Å². The van der Waals surface area contributed by atoms with Gasteiger partial charge in [0.1, 0.15) is 5.82 Å². The highest BCUT2D eigenvalue weighted by Crippen LogP contribution is 2.26. The molecule has 1 aromatic heterocycles. The van der Waals surface area contributed by atoms with E-state index in [4.69, 9.17) is 4.98 Å². The third kappa shape index (κ3) is 3.35. The molecular formula is C16H27N5. The van der Waals surface area contributed by atoms with Crippen molar-refractivity contribution in [1.29, 1.82) is 0 Å². The Labute approximate surface area is 127 Å². The van der Waals surface area contributed by atoms with Crippen LogP contribution in [0.15, 0.2) is 12.4 Å². The van der Waals surface area contributed by atoms with Crippen LogP contribution in [0.3, 0.4) is 0 Å². The van der Waals surface area contributed by atoms with Gasteiger partial charge < -0.3 is 10.2 Å². The average molecular weight is 289 g/mol. The number of hydrogen-bond acceptors (Lipinski definition) is 5. The number of hydrogen-bond donors (Lipinski definition) is 1. The van der Waals surface area contributed by atoms with Gasteiger partial charge in [0, 0.05) is 37.9 Å². The summed E-state index contributed by atoms with van der Waals surface area (Å²) in [6.07, 6.45) is 7.85. The van der Waals surface area contributed by atoms with Gasteiger partial charge in [0.2, 0.25) is 0 Å². The van der Waals surface area contributed by atoms with Gasteiger partial charge in [-0.2, -0.15) is 0 Å². The van der Waals surface area contributed by atoms with E-state index < -0.39 is 0 Å². The lowest BCUT2D eigenvalue weighted by Gasteiger charge is -2.47. The van der Waals surface area contributed by atoms with Crippen molar-refractivity contribution in [3.63, 3.8) is 0 Å². The second-order valence-electron chi connectivity index (χ2n) is 6.29. The molecule has 5 heteroatoms. The third-order valence-electron chi connectivity index (χ3n) is 4.71. The quantitative estimate of drug-likeness (QED) is 0.913. The Kier molecular flexibility index (Phi) is 4.70. The number of anilines is 1. The minimum atomic E-state index is 0.517. The van der Waals surface area contributed by atoms with Gasteiger partial charge in [-0.05, 0) is 32.9 Å². The Bertz CT molecular complexity index is 464. The van der Waals surface area contributed by atoms with Crippen molar-refractivity contribution in [2.45, 2.75) is 51.7 Å². The number of aromatic nitrogens is 2. The zero-order valence-electron chi connectivity index (χ0n) is 13.3. The number of rotatable bonds is 4. The van der Waals surface area contributed by atoms with Gasteiger partial charge >= 0.3 is 0 Å². The van der Waals surface area contributed by atoms with Crippen LogP contribution in [-0.2, 0) is 6.54 Å². The molecule has 0 aliphatic carbocycles. The van der Waals surface area contributed by atoms with E-state index in [-0.39, 0.29) is 0 Å². The predicted molar refractivity (Wildman–Crippen MR) is 85.4 cm³/mol. The van der Waals surface area contributed by atoms with Crippen LogP contribution in [0.1, 0.15) is 38.8 Å². The van der Waals surface area contributed by atoms with E-state index >= 15 is 0 Å². The number of fused-ring (bicyclic) bond motifs is 1. The summed E-state index contributed by atoms with van der Waals surface area (Å²) in [6, 6.07) is 1.22. The summed E-state index contributed by atoms with van der Waals surface area (Å²) in [6.45, 7) is 9.71. The average Bonchev–Trinajstić information content (AvgIpc) is 2.52. The summed E-state index contributed by atoms with van der Waals surface area (Å²) < 4.78 is 0. The molecule has 2 aliphatic rings. The Morgan fingerprint density at radius 1 is 1.29 bits per heavy atom. The molecule has 5 nitrogen and oxygen atoms in total. The van der Waals surface area contributed by atoms with Crippen LogP contribution in [0.4, 0.5) is 5.82 Å². The van der Waals surface area contributed by atoms with Crippen molar-refractivity contribution in [1.82, 2.24) is 20.2 Å². The highest BCUT2D eigenvalue weighted by Gasteiger charge is 2.33. The summed E-state index contributed by atoms with van der Waals surface area (Å²) in [4.78, 5) is 14.3. The molecule has 0 saturated carbocycles. The SMILES string of the molecule is CCNCc1cncc(N2CC3CCCCN3CC2C)n1. The molecule has 0 bridgehead atoms. The molecule has 2 aliphatic heterocycles. The fraction of sp³-hybridized carbons (Fsp3) is 0.750. The highest BCUT2D eigenvalue weighted by atomic mass is 15.3. The maximum atomic E-state index is 4.80. The topological polar surface area (TPSA) is 44.3 Å². The lowest BCUT2D eigenvalue weighted by Crippen LogP contribution is -2.59. The van der Waals surface area contributed by atoms with Crippen molar-refractivity contribution >= 4 is 5.82 Å². The van der Waals surface area contributed by atoms with Crippen LogP contribution in [0.25, 0.3) is 0 Å². The molecule has 1 aromatic rings. The maximum Gasteiger partial charge on any atom is 0.147 e. The Balaban J connectivity index is 1.73. The summed E-state index contributed by atoms with van der Waals surface area (Å²) in [5.74, 6) is 1.04. The second kappa shape index (κ2) is 6.71. The first-order valence-electron chi connectivity index (χ1n) is 8.30. The molecule has 0 amide bonds. The largest absolute Gasteiger partial charge is 0.350 e. The van der Waals surface area contributed by atoms with Gasteiger partial charge in [0.15, 0.2) is 0 Å². The zero-order chi connectivity index (χ0) is 14.7. The van der Waals surface area contributed by atoms with Crippen LogP contribution in [-0.4, -0.2) is 53.1 Å². The van der Waals surface area contributed by atoms with E-state index in [1.165, 1.54) is 25.8 Å². The summed E-state index contributed by atoms with van der Waals surface area (Å²) in [5, 5.41) is 3.32. The van der Waals surface area contributed by atoms with E-state index in [0.717, 1.165) is 37.7 Å². The monoisotopic (exact) mass is 289 g/mol. The van der Waals surface area contributed by atoms with Crippen LogP contribution >= 0.6 is 0 Å². The van der Waals surface area contributed by atoms with Crippen molar-refractivity contribution in [2.24, 2.45) is 0 Å². The summed E-state index contributed by atoms with van der Waals surface area (Å²) >= 11 is 0. The molecule has 1 N–H and O–H groups in total. The fourth-order valence-electron chi connectivity index (χ4n) is 3.54. The first-order chi connectivity index (χ1) is 10.3. The van der Waals surface area contributed by atoms with Crippen molar-refractivity contribution in [2.75, 3.05) is 31.1 Å². The third-order valence-corrected chi connectivity index (χ3v) is 4.71. The molecule has 0 spiro atoms. The molecule has 21 heavy (non-hydrogen) atoms. The smallest absolute Gasteiger partial charge is 0.147 e. The number of nitrogens with zero attached hydrogens (tertiary/aromatic N) is 4. The Morgan fingerprint density at radius 3 is 3.05 bits per heavy atom. The molecule has 3 rings (SSSR count). The highest BCUT2D eigenvalue weighted by molar-refractivity contribution is 5.39. The van der Waals surface area contributed by atoms with E-state index in [1.807, 2.05) is 12.4 Å². The van der Waals surface area contributed by atoms with Crippen molar-refractivity contribution < 1.29 is 0 Å². The van der Waals surface area contributed by atoms with Crippen LogP contribution in [0.2, 0.25) is 0 Å². The molecule has 3 heterocycles. The predicted octanol–water partition coefficient (Wildman–Crippen LogP) is 1.65. The second-order valence-corrected chi connectivity index (χ2v) is 6.29. The Hall–Kier alpha value is -1.20. The van der Waals surface area contributed by atoms with Gasteiger partial charge in [-0.1, -0.05) is 13.3 Å². The number of nitrogens with one attached hydrogen (secondary N) is 1. The van der Waals surface area contributed by atoms with E-state index in [9.17, 15) is 0 Å². The molecule has 116 valence electrons. The molecule has 0 aromatic carbocycles. The zero-order valence-corrected chi connectivity index (χ0v) is 13.3. The molecular weight excluding hydrogens is 262 g/mol. The first-order valence-corrected chi connectivity index (χ1v) is 8.30. The minimum Gasteiger partial charge on any atom is -0.350 e. The first kappa shape index (κ1) is 14.7. The lowest BCUT2D eigenvalue weighted by atomic mass is 9.97. The van der Waals surface area contributed by atoms with E-state index in [2.05, 4.69) is 33.9 Å². The molecule has 2 unspecified atom stereocenters. The molecule has 2 fully saturated rings. The van der Waals surface area contributed by atoms with Gasteiger partial charge in [0.05, 0.1) is 11.9 Å². The summed E-state index contributed by atoms with van der Waals surface area (Å²) in [5.41, 5.74) is 1.03. The van der Waals surface area contributed by atoms with Gasteiger partial charge in [-0.25, -0.2) is 4.98 Å². The van der Waals surface area contributed by atoms with Crippen molar-refractivity contribution in [3.8, 4) is 0 Å². The lowest BCUT2D eigenvalue weighted by molar-refractivity contribution is 0.115. The minimum absolute atomic E-state index is 0.517. The van der Waals surface area contributed by atoms with Crippen LogP contribution < -0.4 is 10.2 Å². The van der Waals surface area contributed by atoms with E-state index in [0.29, 0.717) is 12.1 Å². The van der Waals surface area contributed by atoms with Gasteiger partial charge in [0.25, 0.3) is 0 Å². The standard InChI is InChI=1S/C16H27N5/c1-3-17-8-14-9-18-10-16(19-14)21-12-15-6-4-5-7-20(15)11-13(21)2/h9-10,13,15,17H,3-8,11-12H2,1-2H3. The van der Waals surface area contributed by atoms with Crippen molar-refractivity contribution in [3.05, 3.63) is 18.1 Å². The molecule has 2 atom stereocenters. The van der Waals surface area contributed by atoms with Crippen LogP contribution in [0, 0.1) is 0 Å². The summed E-state index contributed by atoms with van der Waals surface area (Å²) in [7, 11) is 0. The normalized spacial score (nSPS) is 26.7. The maximum absolute atomic E-state index is 4.80. The number of piperidine rings is 1. The molecule has 0 radical (unpaired) electrons. The van der Waals surface area contributed by atoms with Gasteiger partial charge in [-0.3, -0.25) is 9.88 Å².